The second-order valence-electron chi connectivity index (χ2n) is 3.18. The van der Waals surface area contributed by atoms with Gasteiger partial charge in [-0.25, -0.2) is 0 Å². The van der Waals surface area contributed by atoms with Gasteiger partial charge in [-0.15, -0.1) is 11.3 Å². The molecule has 13 heavy (non-hydrogen) atoms. The monoisotopic (exact) mass is 194 g/mol. The van der Waals surface area contributed by atoms with Crippen LogP contribution in [0.5, 0.6) is 0 Å². The smallest absolute Gasteiger partial charge is 0.0666 e. The molecule has 70 valence electrons. The summed E-state index contributed by atoms with van der Waals surface area (Å²) in [4.78, 5) is 1.32. The maximum atomic E-state index is 8.59. The van der Waals surface area contributed by atoms with Gasteiger partial charge in [0.1, 0.15) is 0 Å². The molecule has 0 bridgehead atoms. The molecule has 0 aliphatic heterocycles. The van der Waals surface area contributed by atoms with Crippen molar-refractivity contribution in [3.05, 3.63) is 22.4 Å². The Kier molecular flexibility index (Phi) is 3.94. The number of nitrogens with one attached hydrogen (secondary N) is 1. The fourth-order valence-corrected chi connectivity index (χ4v) is 1.80. The molecule has 1 N–H and O–H groups in total. The Labute approximate surface area is 83.2 Å². The van der Waals surface area contributed by atoms with E-state index in [2.05, 4.69) is 29.8 Å². The summed E-state index contributed by atoms with van der Waals surface area (Å²) in [5.41, 5.74) is 0. The van der Waals surface area contributed by atoms with Gasteiger partial charge in [0.15, 0.2) is 0 Å². The fourth-order valence-electron chi connectivity index (χ4n) is 1.04. The molecule has 0 radical (unpaired) electrons. The maximum Gasteiger partial charge on any atom is 0.0666 e. The molecule has 0 aliphatic carbocycles. The van der Waals surface area contributed by atoms with Gasteiger partial charge in [-0.2, -0.15) is 5.26 Å². The molecule has 0 saturated heterocycles. The fraction of sp³-hybridized carbons (Fsp3) is 0.500. The van der Waals surface area contributed by atoms with E-state index in [-0.39, 0.29) is 5.92 Å². The Hall–Kier alpha value is -0.850. The molecule has 0 aliphatic rings. The standard InChI is InChI=1S/C10H14N2S/c1-8(6-11)7-12-9(2)10-4-3-5-13-10/h3-5,8-9,12H,7H2,1-2H3/t8?,9-/m1/s1. The van der Waals surface area contributed by atoms with Gasteiger partial charge in [-0.05, 0) is 25.3 Å². The van der Waals surface area contributed by atoms with Crippen LogP contribution in [0, 0.1) is 17.2 Å². The van der Waals surface area contributed by atoms with Crippen molar-refractivity contribution in [1.82, 2.24) is 5.32 Å². The maximum absolute atomic E-state index is 8.59. The number of nitrogens with zero attached hydrogens (tertiary/aromatic N) is 1. The molecule has 0 fully saturated rings. The van der Waals surface area contributed by atoms with Gasteiger partial charge in [-0.3, -0.25) is 0 Å². The van der Waals surface area contributed by atoms with E-state index in [1.165, 1.54) is 4.88 Å². The zero-order chi connectivity index (χ0) is 9.68. The second kappa shape index (κ2) is 5.00. The third-order valence-corrected chi connectivity index (χ3v) is 2.98. The van der Waals surface area contributed by atoms with Crippen LogP contribution >= 0.6 is 11.3 Å². The van der Waals surface area contributed by atoms with E-state index in [0.717, 1.165) is 6.54 Å². The van der Waals surface area contributed by atoms with E-state index in [4.69, 9.17) is 5.26 Å². The van der Waals surface area contributed by atoms with Crippen molar-refractivity contribution in [2.75, 3.05) is 6.54 Å². The molecule has 1 aromatic heterocycles. The highest BCUT2D eigenvalue weighted by atomic mass is 32.1. The lowest BCUT2D eigenvalue weighted by Gasteiger charge is -2.12. The summed E-state index contributed by atoms with van der Waals surface area (Å²) in [6.07, 6.45) is 0. The number of hydrogen-bond acceptors (Lipinski definition) is 3. The van der Waals surface area contributed by atoms with Gasteiger partial charge < -0.3 is 5.32 Å². The highest BCUT2D eigenvalue weighted by molar-refractivity contribution is 7.10. The molecule has 2 nitrogen and oxygen atoms in total. The van der Waals surface area contributed by atoms with Crippen molar-refractivity contribution in [2.45, 2.75) is 19.9 Å². The minimum Gasteiger partial charge on any atom is -0.308 e. The van der Waals surface area contributed by atoms with Gasteiger partial charge >= 0.3 is 0 Å². The first-order chi connectivity index (χ1) is 6.24. The Bertz CT molecular complexity index is 274. The largest absolute Gasteiger partial charge is 0.308 e. The summed E-state index contributed by atoms with van der Waals surface area (Å²) in [6.45, 7) is 4.81. The van der Waals surface area contributed by atoms with Gasteiger partial charge in [-0.1, -0.05) is 6.07 Å². The summed E-state index contributed by atoms with van der Waals surface area (Å²) < 4.78 is 0. The molecule has 1 rings (SSSR count). The number of thiophene rings is 1. The molecule has 2 atom stereocenters. The van der Waals surface area contributed by atoms with E-state index in [1.54, 1.807) is 11.3 Å². The molecular formula is C10H14N2S. The molecular weight excluding hydrogens is 180 g/mol. The quantitative estimate of drug-likeness (QED) is 0.799. The molecule has 1 aromatic rings. The van der Waals surface area contributed by atoms with Crippen LogP contribution in [0.4, 0.5) is 0 Å². The van der Waals surface area contributed by atoms with Gasteiger partial charge in [0, 0.05) is 17.5 Å². The second-order valence-corrected chi connectivity index (χ2v) is 4.15. The van der Waals surface area contributed by atoms with E-state index >= 15 is 0 Å². The van der Waals surface area contributed by atoms with Gasteiger partial charge in [0.2, 0.25) is 0 Å². The summed E-state index contributed by atoms with van der Waals surface area (Å²) in [6, 6.07) is 6.72. The third-order valence-electron chi connectivity index (χ3n) is 1.92. The lowest BCUT2D eigenvalue weighted by molar-refractivity contribution is 0.533. The average molecular weight is 194 g/mol. The average Bonchev–Trinajstić information content (AvgIpc) is 2.66. The molecule has 1 unspecified atom stereocenters. The Morgan fingerprint density at radius 2 is 2.38 bits per heavy atom. The zero-order valence-corrected chi connectivity index (χ0v) is 8.77. The lowest BCUT2D eigenvalue weighted by atomic mass is 10.2. The normalized spacial score (nSPS) is 14.8. The zero-order valence-electron chi connectivity index (χ0n) is 7.95. The molecule has 0 aromatic carbocycles. The summed E-state index contributed by atoms with van der Waals surface area (Å²) in [7, 11) is 0. The SMILES string of the molecule is CC(C#N)CN[C@H](C)c1cccs1. The van der Waals surface area contributed by atoms with Crippen LogP contribution in [0.25, 0.3) is 0 Å². The summed E-state index contributed by atoms with van der Waals surface area (Å²) in [5, 5.41) is 14.0. The number of nitriles is 1. The van der Waals surface area contributed by atoms with Crippen molar-refractivity contribution in [1.29, 1.82) is 5.26 Å². The van der Waals surface area contributed by atoms with Gasteiger partial charge in [0.05, 0.1) is 12.0 Å². The van der Waals surface area contributed by atoms with Crippen molar-refractivity contribution in [3.63, 3.8) is 0 Å². The minimum atomic E-state index is 0.0856. The number of rotatable bonds is 4. The summed E-state index contributed by atoms with van der Waals surface area (Å²) in [5.74, 6) is 0.0856. The van der Waals surface area contributed by atoms with Crippen LogP contribution in [0.1, 0.15) is 24.8 Å². The molecule has 0 amide bonds. The van der Waals surface area contributed by atoms with Crippen molar-refractivity contribution < 1.29 is 0 Å². The van der Waals surface area contributed by atoms with Crippen LogP contribution in [-0.2, 0) is 0 Å². The van der Waals surface area contributed by atoms with Crippen molar-refractivity contribution in [3.8, 4) is 6.07 Å². The third kappa shape index (κ3) is 3.17. The van der Waals surface area contributed by atoms with Gasteiger partial charge in [0.25, 0.3) is 0 Å². The molecule has 0 saturated carbocycles. The minimum absolute atomic E-state index is 0.0856. The van der Waals surface area contributed by atoms with E-state index < -0.39 is 0 Å². The lowest BCUT2D eigenvalue weighted by Crippen LogP contribution is -2.23. The highest BCUT2D eigenvalue weighted by Crippen LogP contribution is 2.17. The van der Waals surface area contributed by atoms with Crippen molar-refractivity contribution >= 4 is 11.3 Å². The van der Waals surface area contributed by atoms with Crippen molar-refractivity contribution in [2.24, 2.45) is 5.92 Å². The van der Waals surface area contributed by atoms with Crippen LogP contribution in [0.2, 0.25) is 0 Å². The molecule has 3 heteroatoms. The molecule has 1 heterocycles. The topological polar surface area (TPSA) is 35.8 Å². The first kappa shape index (κ1) is 10.2. The Morgan fingerprint density at radius 3 is 2.92 bits per heavy atom. The predicted molar refractivity (Wildman–Crippen MR) is 55.5 cm³/mol. The van der Waals surface area contributed by atoms with E-state index in [9.17, 15) is 0 Å². The first-order valence-electron chi connectivity index (χ1n) is 4.40. The van der Waals surface area contributed by atoms with Crippen LogP contribution < -0.4 is 5.32 Å². The van der Waals surface area contributed by atoms with E-state index in [1.807, 2.05) is 13.0 Å². The summed E-state index contributed by atoms with van der Waals surface area (Å²) >= 11 is 1.74. The van der Waals surface area contributed by atoms with Crippen LogP contribution in [0.15, 0.2) is 17.5 Å². The first-order valence-corrected chi connectivity index (χ1v) is 5.28. The highest BCUT2D eigenvalue weighted by Gasteiger charge is 2.06. The Morgan fingerprint density at radius 1 is 1.62 bits per heavy atom. The Balaban J connectivity index is 2.35. The molecule has 0 spiro atoms. The van der Waals surface area contributed by atoms with Crippen LogP contribution in [-0.4, -0.2) is 6.54 Å². The van der Waals surface area contributed by atoms with Crippen LogP contribution in [0.3, 0.4) is 0 Å². The number of hydrogen-bond donors (Lipinski definition) is 1. The predicted octanol–water partition coefficient (Wildman–Crippen LogP) is 2.56. The van der Waals surface area contributed by atoms with E-state index in [0.29, 0.717) is 6.04 Å².